The molecule has 1 aliphatic rings. The van der Waals surface area contributed by atoms with Crippen molar-refractivity contribution in [3.63, 3.8) is 0 Å². The van der Waals surface area contributed by atoms with E-state index in [0.717, 1.165) is 6.42 Å². The first kappa shape index (κ1) is 9.31. The minimum atomic E-state index is 1.11. The molecule has 12 heavy (non-hydrogen) atoms. The van der Waals surface area contributed by atoms with Crippen molar-refractivity contribution in [2.45, 2.75) is 32.1 Å². The van der Waals surface area contributed by atoms with Crippen molar-refractivity contribution < 1.29 is 0 Å². The summed E-state index contributed by atoms with van der Waals surface area (Å²) in [5.41, 5.74) is 0. The first-order valence-corrected chi connectivity index (χ1v) is 4.78. The van der Waals surface area contributed by atoms with Gasteiger partial charge in [0.05, 0.1) is 0 Å². The molecule has 0 spiro atoms. The standard InChI is InChI=1S/C12H17/c1-2-4-6-8-10-12-11-9-7-5-3-1/h1-4,7,10,12H,5-6,8-9,11H2/b3-1+,4-2-,12-10-. The molecular formula is C12H17. The van der Waals surface area contributed by atoms with Crippen LogP contribution in [0.2, 0.25) is 0 Å². The van der Waals surface area contributed by atoms with Crippen molar-refractivity contribution in [3.8, 4) is 0 Å². The van der Waals surface area contributed by atoms with E-state index in [-0.39, 0.29) is 0 Å². The maximum absolute atomic E-state index is 2.33. The van der Waals surface area contributed by atoms with Crippen molar-refractivity contribution in [2.24, 2.45) is 0 Å². The van der Waals surface area contributed by atoms with Crippen molar-refractivity contribution >= 4 is 0 Å². The van der Waals surface area contributed by atoms with Crippen LogP contribution in [-0.4, -0.2) is 0 Å². The van der Waals surface area contributed by atoms with Gasteiger partial charge in [-0.15, -0.1) is 0 Å². The van der Waals surface area contributed by atoms with E-state index in [9.17, 15) is 0 Å². The van der Waals surface area contributed by atoms with Crippen LogP contribution in [0.3, 0.4) is 0 Å². The van der Waals surface area contributed by atoms with E-state index in [2.05, 4.69) is 42.9 Å². The lowest BCUT2D eigenvalue weighted by Crippen LogP contribution is -1.75. The summed E-state index contributed by atoms with van der Waals surface area (Å²) in [6, 6.07) is 0. The molecule has 0 atom stereocenters. The van der Waals surface area contributed by atoms with E-state index >= 15 is 0 Å². The van der Waals surface area contributed by atoms with Gasteiger partial charge >= 0.3 is 0 Å². The van der Waals surface area contributed by atoms with Crippen molar-refractivity contribution in [3.05, 3.63) is 42.9 Å². The van der Waals surface area contributed by atoms with Crippen LogP contribution >= 0.6 is 0 Å². The van der Waals surface area contributed by atoms with Gasteiger partial charge in [0, 0.05) is 0 Å². The maximum Gasteiger partial charge on any atom is -0.0313 e. The molecule has 0 aromatic heterocycles. The lowest BCUT2D eigenvalue weighted by molar-refractivity contribution is 0.922. The van der Waals surface area contributed by atoms with Crippen molar-refractivity contribution in [2.75, 3.05) is 0 Å². The fraction of sp³-hybridized carbons (Fsp3) is 0.417. The topological polar surface area (TPSA) is 0 Å². The number of allylic oxidation sites excluding steroid dienone is 6. The summed E-state index contributed by atoms with van der Waals surface area (Å²) < 4.78 is 0. The summed E-state index contributed by atoms with van der Waals surface area (Å²) in [4.78, 5) is 0. The van der Waals surface area contributed by atoms with Crippen LogP contribution in [0.1, 0.15) is 32.1 Å². The largest absolute Gasteiger partial charge is 0.0885 e. The normalized spacial score (nSPS) is 28.0. The van der Waals surface area contributed by atoms with Crippen LogP contribution < -0.4 is 0 Å². The third-order valence-corrected chi connectivity index (χ3v) is 1.89. The smallest absolute Gasteiger partial charge is 0.0313 e. The molecule has 1 radical (unpaired) electrons. The first-order chi connectivity index (χ1) is 6.00. The zero-order valence-electron chi connectivity index (χ0n) is 7.58. The molecule has 0 amide bonds. The first-order valence-electron chi connectivity index (χ1n) is 4.78. The Kier molecular flexibility index (Phi) is 5.35. The molecule has 0 nitrogen and oxygen atoms in total. The summed E-state index contributed by atoms with van der Waals surface area (Å²) in [7, 11) is 0. The van der Waals surface area contributed by atoms with Gasteiger partial charge < -0.3 is 0 Å². The van der Waals surface area contributed by atoms with Crippen LogP contribution in [-0.2, 0) is 0 Å². The van der Waals surface area contributed by atoms with E-state index in [0.29, 0.717) is 0 Å². The second-order valence-corrected chi connectivity index (χ2v) is 3.01. The Hall–Kier alpha value is -0.780. The predicted molar refractivity (Wildman–Crippen MR) is 54.8 cm³/mol. The second-order valence-electron chi connectivity index (χ2n) is 3.01. The van der Waals surface area contributed by atoms with Gasteiger partial charge in [-0.2, -0.15) is 0 Å². The van der Waals surface area contributed by atoms with E-state index in [1.807, 2.05) is 0 Å². The second kappa shape index (κ2) is 6.90. The SMILES string of the molecule is [CH]1C/C=C/C=C\CC/C=C\CC1. The zero-order valence-corrected chi connectivity index (χ0v) is 7.58. The molecule has 0 aliphatic heterocycles. The average molecular weight is 161 g/mol. The molecule has 0 aromatic rings. The molecule has 0 bridgehead atoms. The van der Waals surface area contributed by atoms with Gasteiger partial charge in [-0.25, -0.2) is 0 Å². The minimum Gasteiger partial charge on any atom is -0.0885 e. The van der Waals surface area contributed by atoms with Crippen LogP contribution in [0, 0.1) is 6.42 Å². The van der Waals surface area contributed by atoms with E-state index in [1.165, 1.54) is 25.7 Å². The molecule has 0 heteroatoms. The van der Waals surface area contributed by atoms with Gasteiger partial charge in [0.25, 0.3) is 0 Å². The Bertz CT molecular complexity index is 172. The van der Waals surface area contributed by atoms with E-state index in [4.69, 9.17) is 0 Å². The molecule has 0 N–H and O–H groups in total. The molecule has 0 unspecified atom stereocenters. The summed E-state index contributed by atoms with van der Waals surface area (Å²) in [6.07, 6.45) is 21.5. The Morgan fingerprint density at radius 3 is 2.17 bits per heavy atom. The highest BCUT2D eigenvalue weighted by Crippen LogP contribution is 2.03. The maximum atomic E-state index is 2.33. The van der Waals surface area contributed by atoms with Crippen molar-refractivity contribution in [1.29, 1.82) is 0 Å². The third kappa shape index (κ3) is 4.95. The van der Waals surface area contributed by atoms with Gasteiger partial charge in [0.2, 0.25) is 0 Å². The Morgan fingerprint density at radius 2 is 1.25 bits per heavy atom. The lowest BCUT2D eigenvalue weighted by Gasteiger charge is -1.93. The van der Waals surface area contributed by atoms with Crippen molar-refractivity contribution in [1.82, 2.24) is 0 Å². The monoisotopic (exact) mass is 161 g/mol. The van der Waals surface area contributed by atoms with Gasteiger partial charge in [0.15, 0.2) is 0 Å². The lowest BCUT2D eigenvalue weighted by atomic mass is 10.1. The fourth-order valence-electron chi connectivity index (χ4n) is 1.19. The molecule has 0 heterocycles. The molecule has 0 saturated carbocycles. The quantitative estimate of drug-likeness (QED) is 0.474. The Balaban J connectivity index is 2.31. The predicted octanol–water partition coefficient (Wildman–Crippen LogP) is 3.82. The highest BCUT2D eigenvalue weighted by molar-refractivity contribution is 5.04. The molecule has 65 valence electrons. The van der Waals surface area contributed by atoms with Gasteiger partial charge in [-0.05, 0) is 38.5 Å². The van der Waals surface area contributed by atoms with Gasteiger partial charge in [-0.1, -0.05) is 36.5 Å². The molecule has 1 rings (SSSR count). The summed E-state index contributed by atoms with van der Waals surface area (Å²) >= 11 is 0. The highest BCUT2D eigenvalue weighted by atomic mass is 13.9. The van der Waals surface area contributed by atoms with Crippen LogP contribution in [0.25, 0.3) is 0 Å². The highest BCUT2D eigenvalue weighted by Gasteiger charge is 1.84. The molecular weight excluding hydrogens is 144 g/mol. The van der Waals surface area contributed by atoms with Gasteiger partial charge in [-0.3, -0.25) is 0 Å². The average Bonchev–Trinajstić information content (AvgIpc) is 2.05. The summed E-state index contributed by atoms with van der Waals surface area (Å²) in [5.74, 6) is 0. The minimum absolute atomic E-state index is 1.11. The molecule has 0 fully saturated rings. The molecule has 0 saturated heterocycles. The fourth-order valence-corrected chi connectivity index (χ4v) is 1.19. The number of hydrogen-bond donors (Lipinski definition) is 0. The van der Waals surface area contributed by atoms with Crippen LogP contribution in [0.5, 0.6) is 0 Å². The Morgan fingerprint density at radius 1 is 0.583 bits per heavy atom. The molecule has 0 aromatic carbocycles. The van der Waals surface area contributed by atoms with Crippen LogP contribution in [0.15, 0.2) is 36.5 Å². The molecule has 1 aliphatic carbocycles. The number of hydrogen-bond acceptors (Lipinski definition) is 0. The summed E-state index contributed by atoms with van der Waals surface area (Å²) in [6.45, 7) is 0. The third-order valence-electron chi connectivity index (χ3n) is 1.89. The summed E-state index contributed by atoms with van der Waals surface area (Å²) in [5, 5.41) is 0. The van der Waals surface area contributed by atoms with Gasteiger partial charge in [0.1, 0.15) is 0 Å². The van der Waals surface area contributed by atoms with Crippen LogP contribution in [0.4, 0.5) is 0 Å². The van der Waals surface area contributed by atoms with E-state index in [1.54, 1.807) is 0 Å². The zero-order chi connectivity index (χ0) is 8.49. The van der Waals surface area contributed by atoms with E-state index < -0.39 is 0 Å². The number of rotatable bonds is 0. The Labute approximate surface area is 75.7 Å².